The minimum absolute atomic E-state index is 0.0422. The van der Waals surface area contributed by atoms with Gasteiger partial charge in [0, 0.05) is 18.7 Å². The van der Waals surface area contributed by atoms with Gasteiger partial charge < -0.3 is 10.0 Å². The van der Waals surface area contributed by atoms with Crippen molar-refractivity contribution in [2.24, 2.45) is 0 Å². The predicted octanol–water partition coefficient (Wildman–Crippen LogP) is 1.85. The fourth-order valence-corrected chi connectivity index (χ4v) is 2.15. The van der Waals surface area contributed by atoms with Gasteiger partial charge in [0.1, 0.15) is 0 Å². The van der Waals surface area contributed by atoms with Gasteiger partial charge in [0.05, 0.1) is 5.60 Å². The average molecular weight is 233 g/mol. The number of amides is 1. The van der Waals surface area contributed by atoms with E-state index in [4.69, 9.17) is 0 Å². The first kappa shape index (κ1) is 12.1. The Bertz CT molecular complexity index is 426. The zero-order valence-electron chi connectivity index (χ0n) is 10.4. The van der Waals surface area contributed by atoms with Gasteiger partial charge in [-0.25, -0.2) is 0 Å². The third-order valence-corrected chi connectivity index (χ3v) is 3.48. The van der Waals surface area contributed by atoms with Crippen LogP contribution in [0, 0.1) is 0 Å². The molecule has 0 saturated carbocycles. The summed E-state index contributed by atoms with van der Waals surface area (Å²) in [5.41, 5.74) is 1.11. The highest BCUT2D eigenvalue weighted by molar-refractivity contribution is 5.96. The van der Waals surface area contributed by atoms with Crippen LogP contribution in [0.1, 0.15) is 36.2 Å². The summed E-state index contributed by atoms with van der Waals surface area (Å²) in [4.78, 5) is 14.0. The third kappa shape index (κ3) is 2.50. The van der Waals surface area contributed by atoms with Crippen LogP contribution in [0.4, 0.5) is 0 Å². The number of fused-ring (bicyclic) bond motifs is 1. The van der Waals surface area contributed by atoms with Crippen molar-refractivity contribution < 1.29 is 9.90 Å². The van der Waals surface area contributed by atoms with Crippen molar-refractivity contribution in [2.45, 2.75) is 32.3 Å². The van der Waals surface area contributed by atoms with Crippen LogP contribution in [0.2, 0.25) is 0 Å². The van der Waals surface area contributed by atoms with Crippen LogP contribution in [-0.2, 0) is 6.42 Å². The van der Waals surface area contributed by atoms with Crippen LogP contribution < -0.4 is 0 Å². The second kappa shape index (κ2) is 4.49. The summed E-state index contributed by atoms with van der Waals surface area (Å²) in [7, 11) is 0. The van der Waals surface area contributed by atoms with Crippen molar-refractivity contribution in [3.63, 3.8) is 0 Å². The Morgan fingerprint density at radius 2 is 2.12 bits per heavy atom. The highest BCUT2D eigenvalue weighted by atomic mass is 16.3. The molecule has 1 unspecified atom stereocenters. The smallest absolute Gasteiger partial charge is 0.254 e. The van der Waals surface area contributed by atoms with E-state index in [1.54, 1.807) is 11.8 Å². The molecule has 1 heterocycles. The maximum absolute atomic E-state index is 12.2. The molecule has 0 bridgehead atoms. The number of rotatable bonds is 3. The van der Waals surface area contributed by atoms with Crippen LogP contribution in [0.15, 0.2) is 24.3 Å². The van der Waals surface area contributed by atoms with E-state index in [0.29, 0.717) is 19.5 Å². The van der Waals surface area contributed by atoms with E-state index in [1.807, 2.05) is 31.2 Å². The largest absolute Gasteiger partial charge is 0.388 e. The van der Waals surface area contributed by atoms with Crippen LogP contribution in [0.25, 0.3) is 0 Å². The molecule has 1 aromatic rings. The van der Waals surface area contributed by atoms with Gasteiger partial charge in [-0.15, -0.1) is 0 Å². The summed E-state index contributed by atoms with van der Waals surface area (Å²) in [5.74, 6) is 0.0422. The molecule has 1 aromatic carbocycles. The molecule has 1 aliphatic rings. The lowest BCUT2D eigenvalue weighted by Crippen LogP contribution is -2.46. The fraction of sp³-hybridized carbons (Fsp3) is 0.500. The van der Waals surface area contributed by atoms with Gasteiger partial charge in [-0.05, 0) is 31.4 Å². The molecule has 0 saturated heterocycles. The number of carbonyl (C=O) groups excluding carboxylic acids is 1. The van der Waals surface area contributed by atoms with Crippen LogP contribution in [0.3, 0.4) is 0 Å². The maximum atomic E-state index is 12.2. The summed E-state index contributed by atoms with van der Waals surface area (Å²) in [6, 6.07) is 7.72. The first-order chi connectivity index (χ1) is 8.03. The van der Waals surface area contributed by atoms with Gasteiger partial charge in [-0.2, -0.15) is 0 Å². The van der Waals surface area contributed by atoms with Gasteiger partial charge in [0.2, 0.25) is 0 Å². The number of hydrogen-bond donors (Lipinski definition) is 1. The molecule has 3 heteroatoms. The molecule has 0 fully saturated rings. The molecular formula is C14H19NO2. The molecule has 0 aromatic heterocycles. The van der Waals surface area contributed by atoms with Gasteiger partial charge in [-0.1, -0.05) is 25.1 Å². The number of β-amino-alcohol motifs (C(OH)–C–C–N with tert-alkyl or cyclic N) is 1. The van der Waals surface area contributed by atoms with E-state index in [2.05, 4.69) is 0 Å². The molecule has 0 aliphatic carbocycles. The zero-order chi connectivity index (χ0) is 12.5. The number of nitrogens with zero attached hydrogens (tertiary/aromatic N) is 1. The Hall–Kier alpha value is -1.35. The lowest BCUT2D eigenvalue weighted by atomic mass is 9.96. The van der Waals surface area contributed by atoms with Crippen molar-refractivity contribution in [1.82, 2.24) is 4.90 Å². The standard InChI is InChI=1S/C14H19NO2/c1-3-14(2,17)10-15-9-8-11-6-4-5-7-12(11)13(15)16/h4-7,17H,3,8-10H2,1-2H3. The minimum Gasteiger partial charge on any atom is -0.388 e. The van der Waals surface area contributed by atoms with E-state index < -0.39 is 5.60 Å². The molecule has 3 nitrogen and oxygen atoms in total. The van der Waals surface area contributed by atoms with E-state index in [0.717, 1.165) is 17.5 Å². The molecule has 92 valence electrons. The average Bonchev–Trinajstić information content (AvgIpc) is 2.33. The normalized spacial score (nSPS) is 18.8. The highest BCUT2D eigenvalue weighted by Gasteiger charge is 2.29. The third-order valence-electron chi connectivity index (χ3n) is 3.48. The number of hydrogen-bond acceptors (Lipinski definition) is 2. The van der Waals surface area contributed by atoms with E-state index >= 15 is 0 Å². The summed E-state index contributed by atoms with van der Waals surface area (Å²) in [6.45, 7) is 4.83. The van der Waals surface area contributed by atoms with Crippen molar-refractivity contribution in [1.29, 1.82) is 0 Å². The molecule has 0 radical (unpaired) electrons. The molecule has 1 atom stereocenters. The van der Waals surface area contributed by atoms with Gasteiger partial charge in [0.25, 0.3) is 5.91 Å². The molecule has 1 N–H and O–H groups in total. The maximum Gasteiger partial charge on any atom is 0.254 e. The molecule has 17 heavy (non-hydrogen) atoms. The summed E-state index contributed by atoms with van der Waals surface area (Å²) in [5, 5.41) is 10.0. The second-order valence-corrected chi connectivity index (χ2v) is 4.98. The van der Waals surface area contributed by atoms with Crippen molar-refractivity contribution in [3.8, 4) is 0 Å². The van der Waals surface area contributed by atoms with Gasteiger partial charge in [0.15, 0.2) is 0 Å². The predicted molar refractivity (Wildman–Crippen MR) is 67.0 cm³/mol. The second-order valence-electron chi connectivity index (χ2n) is 4.98. The van der Waals surface area contributed by atoms with Crippen molar-refractivity contribution in [2.75, 3.05) is 13.1 Å². The first-order valence-corrected chi connectivity index (χ1v) is 6.13. The summed E-state index contributed by atoms with van der Waals surface area (Å²) >= 11 is 0. The molecular weight excluding hydrogens is 214 g/mol. The minimum atomic E-state index is -0.790. The fourth-order valence-electron chi connectivity index (χ4n) is 2.15. The summed E-state index contributed by atoms with van der Waals surface area (Å²) < 4.78 is 0. The molecule has 2 rings (SSSR count). The quantitative estimate of drug-likeness (QED) is 0.865. The SMILES string of the molecule is CCC(C)(O)CN1CCc2ccccc2C1=O. The Labute approximate surface area is 102 Å². The summed E-state index contributed by atoms with van der Waals surface area (Å²) in [6.07, 6.45) is 1.53. The van der Waals surface area contributed by atoms with Gasteiger partial charge in [-0.3, -0.25) is 4.79 Å². The number of benzene rings is 1. The number of carbonyl (C=O) groups is 1. The Morgan fingerprint density at radius 3 is 2.82 bits per heavy atom. The zero-order valence-corrected chi connectivity index (χ0v) is 10.4. The first-order valence-electron chi connectivity index (χ1n) is 6.13. The van der Waals surface area contributed by atoms with Gasteiger partial charge >= 0.3 is 0 Å². The van der Waals surface area contributed by atoms with E-state index in [9.17, 15) is 9.90 Å². The number of aliphatic hydroxyl groups is 1. The monoisotopic (exact) mass is 233 g/mol. The highest BCUT2D eigenvalue weighted by Crippen LogP contribution is 2.21. The van der Waals surface area contributed by atoms with Crippen LogP contribution >= 0.6 is 0 Å². The lowest BCUT2D eigenvalue weighted by Gasteiger charge is -2.34. The Kier molecular flexibility index (Phi) is 3.20. The van der Waals surface area contributed by atoms with E-state index in [-0.39, 0.29) is 5.91 Å². The molecule has 1 aliphatic heterocycles. The van der Waals surface area contributed by atoms with E-state index in [1.165, 1.54) is 0 Å². The Morgan fingerprint density at radius 1 is 1.41 bits per heavy atom. The lowest BCUT2D eigenvalue weighted by molar-refractivity contribution is 0.0144. The van der Waals surface area contributed by atoms with Crippen LogP contribution in [-0.4, -0.2) is 34.6 Å². The topological polar surface area (TPSA) is 40.5 Å². The van der Waals surface area contributed by atoms with Crippen molar-refractivity contribution >= 4 is 5.91 Å². The van der Waals surface area contributed by atoms with Crippen LogP contribution in [0.5, 0.6) is 0 Å². The molecule has 1 amide bonds. The van der Waals surface area contributed by atoms with Crippen molar-refractivity contribution in [3.05, 3.63) is 35.4 Å². The molecule has 0 spiro atoms. The Balaban J connectivity index is 2.18.